The number of nitrogens with zero attached hydrogens (tertiary/aromatic N) is 2. The molecule has 2 aliphatic heterocycles. The van der Waals surface area contributed by atoms with Gasteiger partial charge in [0.15, 0.2) is 0 Å². The quantitative estimate of drug-likeness (QED) is 0.413. The highest BCUT2D eigenvalue weighted by Gasteiger charge is 2.43. The number of alkyl halides is 6. The first-order valence-corrected chi connectivity index (χ1v) is 11.2. The van der Waals surface area contributed by atoms with Crippen LogP contribution in [0.2, 0.25) is 0 Å². The van der Waals surface area contributed by atoms with Crippen molar-refractivity contribution in [1.29, 1.82) is 0 Å². The second-order valence-electron chi connectivity index (χ2n) is 8.56. The van der Waals surface area contributed by atoms with Gasteiger partial charge in [0.1, 0.15) is 5.75 Å². The summed E-state index contributed by atoms with van der Waals surface area (Å²) < 4.78 is 74.0. The summed E-state index contributed by atoms with van der Waals surface area (Å²) in [5, 5.41) is 9.32. The lowest BCUT2D eigenvalue weighted by molar-refractivity contribution is -0.185. The molecule has 196 valence electrons. The summed E-state index contributed by atoms with van der Waals surface area (Å²) in [7, 11) is 0. The Morgan fingerprint density at radius 3 is 1.50 bits per heavy atom. The van der Waals surface area contributed by atoms with Crippen LogP contribution in [0.15, 0.2) is 36.4 Å². The number of aromatic hydroxyl groups is 1. The van der Waals surface area contributed by atoms with Crippen molar-refractivity contribution in [2.75, 3.05) is 31.9 Å². The van der Waals surface area contributed by atoms with Gasteiger partial charge < -0.3 is 20.6 Å². The average molecular weight is 517 g/mol. The van der Waals surface area contributed by atoms with Crippen molar-refractivity contribution in [3.63, 3.8) is 0 Å². The first-order valence-electron chi connectivity index (χ1n) is 11.2. The van der Waals surface area contributed by atoms with E-state index in [0.29, 0.717) is 31.4 Å². The van der Waals surface area contributed by atoms with Crippen molar-refractivity contribution in [2.24, 2.45) is 0 Å². The summed E-state index contributed by atoms with van der Waals surface area (Å²) in [5.41, 5.74) is 9.79. The summed E-state index contributed by atoms with van der Waals surface area (Å²) >= 11 is 0. The molecule has 0 bridgehead atoms. The summed E-state index contributed by atoms with van der Waals surface area (Å²) in [6.45, 7) is 0.245. The Hall–Kier alpha value is -3.44. The number of rotatable bonds is 0. The van der Waals surface area contributed by atoms with E-state index in [1.807, 2.05) is 6.07 Å². The Kier molecular flexibility index (Phi) is 8.05. The number of benzene rings is 2. The standard InChI is InChI=1S/C12H13F3N2O.C12H12F3NO2/c13-12(14,15)11(18)17-5-3-8-1-2-10(16)7-9(8)4-6-17;13-12(14,15)11(18)16-5-3-8-1-2-10(17)7-9(8)4-6-16/h1-2,7H,3-6,16H2;1-2,7,17H,3-6H2. The molecule has 0 spiro atoms. The lowest BCUT2D eigenvalue weighted by Gasteiger charge is -2.21. The molecule has 36 heavy (non-hydrogen) atoms. The molecular formula is C24H25F6N3O3. The minimum atomic E-state index is -4.82. The van der Waals surface area contributed by atoms with Crippen LogP contribution in [0.25, 0.3) is 0 Å². The molecule has 2 heterocycles. The highest BCUT2D eigenvalue weighted by atomic mass is 19.4. The third-order valence-corrected chi connectivity index (χ3v) is 6.08. The molecule has 0 radical (unpaired) electrons. The van der Waals surface area contributed by atoms with E-state index in [1.54, 1.807) is 18.2 Å². The molecule has 6 nitrogen and oxygen atoms in total. The van der Waals surface area contributed by atoms with E-state index in [2.05, 4.69) is 0 Å². The van der Waals surface area contributed by atoms with Crippen LogP contribution < -0.4 is 5.73 Å². The fourth-order valence-corrected chi connectivity index (χ4v) is 4.22. The van der Waals surface area contributed by atoms with Crippen molar-refractivity contribution in [3.05, 3.63) is 58.7 Å². The number of hydrogen-bond donors (Lipinski definition) is 2. The molecule has 2 aliphatic rings. The highest BCUT2D eigenvalue weighted by molar-refractivity contribution is 5.82. The van der Waals surface area contributed by atoms with E-state index in [0.717, 1.165) is 32.1 Å². The van der Waals surface area contributed by atoms with Crippen LogP contribution in [-0.4, -0.2) is 65.3 Å². The van der Waals surface area contributed by atoms with Crippen LogP contribution in [0.3, 0.4) is 0 Å². The van der Waals surface area contributed by atoms with E-state index in [4.69, 9.17) is 5.73 Å². The van der Waals surface area contributed by atoms with Gasteiger partial charge in [0.2, 0.25) is 0 Å². The predicted molar refractivity (Wildman–Crippen MR) is 119 cm³/mol. The van der Waals surface area contributed by atoms with Crippen molar-refractivity contribution in [1.82, 2.24) is 9.80 Å². The maximum absolute atomic E-state index is 12.3. The van der Waals surface area contributed by atoms with Gasteiger partial charge in [-0.05, 0) is 72.2 Å². The van der Waals surface area contributed by atoms with Crippen molar-refractivity contribution in [3.8, 4) is 5.75 Å². The number of phenolic OH excluding ortho intramolecular Hbond substituents is 1. The van der Waals surface area contributed by atoms with E-state index in [9.17, 15) is 41.0 Å². The van der Waals surface area contributed by atoms with Crippen molar-refractivity contribution in [2.45, 2.75) is 38.0 Å². The normalized spacial score (nSPS) is 16.1. The summed E-state index contributed by atoms with van der Waals surface area (Å²) in [6.07, 6.45) is -8.09. The fraction of sp³-hybridized carbons (Fsp3) is 0.417. The molecule has 4 rings (SSSR count). The number of fused-ring (bicyclic) bond motifs is 2. The van der Waals surface area contributed by atoms with Crippen molar-refractivity contribution >= 4 is 17.5 Å². The van der Waals surface area contributed by atoms with Crippen molar-refractivity contribution < 1.29 is 41.0 Å². The summed E-state index contributed by atoms with van der Waals surface area (Å²) in [4.78, 5) is 24.0. The largest absolute Gasteiger partial charge is 0.508 e. The number of amides is 2. The van der Waals surface area contributed by atoms with Gasteiger partial charge in [0.05, 0.1) is 0 Å². The van der Waals surface area contributed by atoms with E-state index in [-0.39, 0.29) is 31.9 Å². The minimum Gasteiger partial charge on any atom is -0.508 e. The molecule has 3 N–H and O–H groups in total. The number of halogens is 6. The average Bonchev–Trinajstić information content (AvgIpc) is 3.13. The minimum absolute atomic E-state index is 0.0226. The number of nitrogen functional groups attached to an aromatic ring is 1. The summed E-state index contributed by atoms with van der Waals surface area (Å²) in [5.74, 6) is -3.47. The zero-order valence-electron chi connectivity index (χ0n) is 19.1. The Morgan fingerprint density at radius 2 is 1.06 bits per heavy atom. The van der Waals surface area contributed by atoms with Gasteiger partial charge in [-0.2, -0.15) is 26.3 Å². The van der Waals surface area contributed by atoms with Gasteiger partial charge in [-0.15, -0.1) is 0 Å². The fourth-order valence-electron chi connectivity index (χ4n) is 4.22. The molecule has 0 saturated heterocycles. The molecule has 0 fully saturated rings. The lowest BCUT2D eigenvalue weighted by Crippen LogP contribution is -2.42. The van der Waals surface area contributed by atoms with Gasteiger partial charge in [-0.25, -0.2) is 0 Å². The van der Waals surface area contributed by atoms with Gasteiger partial charge >= 0.3 is 24.2 Å². The topological polar surface area (TPSA) is 86.9 Å². The van der Waals surface area contributed by atoms with E-state index < -0.39 is 24.2 Å². The Morgan fingerprint density at radius 1 is 0.667 bits per heavy atom. The second-order valence-corrected chi connectivity index (χ2v) is 8.56. The predicted octanol–water partition coefficient (Wildman–Crippen LogP) is 3.64. The second kappa shape index (κ2) is 10.7. The molecular weight excluding hydrogens is 492 g/mol. The molecule has 2 aromatic rings. The number of phenols is 1. The first kappa shape index (κ1) is 27.2. The molecule has 2 aromatic carbocycles. The van der Waals surface area contributed by atoms with Gasteiger partial charge in [0.25, 0.3) is 0 Å². The van der Waals surface area contributed by atoms with E-state index in [1.165, 1.54) is 12.1 Å². The number of anilines is 1. The van der Waals surface area contributed by atoms with E-state index >= 15 is 0 Å². The third-order valence-electron chi connectivity index (χ3n) is 6.08. The molecule has 2 amide bonds. The van der Waals surface area contributed by atoms with Gasteiger partial charge in [-0.1, -0.05) is 12.1 Å². The smallest absolute Gasteiger partial charge is 0.471 e. The maximum atomic E-state index is 12.3. The molecule has 0 saturated carbocycles. The van der Waals surface area contributed by atoms with Gasteiger partial charge in [-0.3, -0.25) is 9.59 Å². The Bertz CT molecular complexity index is 1030. The van der Waals surface area contributed by atoms with Gasteiger partial charge in [0, 0.05) is 31.9 Å². The summed E-state index contributed by atoms with van der Waals surface area (Å²) in [6, 6.07) is 10.0. The Balaban J connectivity index is 0.000000201. The van der Waals surface area contributed by atoms with Crippen LogP contribution in [0.1, 0.15) is 22.3 Å². The van der Waals surface area contributed by atoms with Crippen LogP contribution in [-0.2, 0) is 35.3 Å². The zero-order chi connectivity index (χ0) is 26.7. The first-order chi connectivity index (χ1) is 16.8. The maximum Gasteiger partial charge on any atom is 0.471 e. The van der Waals surface area contributed by atoms with Crippen LogP contribution in [0, 0.1) is 0 Å². The molecule has 12 heteroatoms. The van der Waals surface area contributed by atoms with Crippen LogP contribution in [0.5, 0.6) is 5.75 Å². The molecule has 0 aromatic heterocycles. The third kappa shape index (κ3) is 6.82. The number of carbonyl (C=O) groups excluding carboxylic acids is 2. The molecule has 0 atom stereocenters. The monoisotopic (exact) mass is 517 g/mol. The number of nitrogens with two attached hydrogens (primary N) is 1. The van der Waals surface area contributed by atoms with Crippen LogP contribution in [0.4, 0.5) is 32.0 Å². The SMILES string of the molecule is Nc1ccc2c(c1)CCN(C(=O)C(F)(F)F)CC2.O=C(N1CCc2ccc(O)cc2CC1)C(F)(F)F. The highest BCUT2D eigenvalue weighted by Crippen LogP contribution is 2.25. The lowest BCUT2D eigenvalue weighted by atomic mass is 10.0. The Labute approximate surface area is 203 Å². The molecule has 0 unspecified atom stereocenters. The number of carbonyl (C=O) groups is 2. The van der Waals surface area contributed by atoms with Crippen LogP contribution >= 0.6 is 0 Å². The number of hydrogen-bond acceptors (Lipinski definition) is 4. The zero-order valence-corrected chi connectivity index (χ0v) is 19.1. The molecule has 0 aliphatic carbocycles.